The lowest BCUT2D eigenvalue weighted by molar-refractivity contribution is -0.132. The van der Waals surface area contributed by atoms with Crippen molar-refractivity contribution in [3.63, 3.8) is 0 Å². The van der Waals surface area contributed by atoms with Gasteiger partial charge in [0, 0.05) is 37.3 Å². The van der Waals surface area contributed by atoms with Crippen LogP contribution in [0.5, 0.6) is 0 Å². The molecule has 0 radical (unpaired) electrons. The molecule has 2 amide bonds. The zero-order chi connectivity index (χ0) is 18.5. The molecule has 26 heavy (non-hydrogen) atoms. The summed E-state index contributed by atoms with van der Waals surface area (Å²) in [6.07, 6.45) is 0.297. The highest BCUT2D eigenvalue weighted by atomic mass is 35.5. The van der Waals surface area contributed by atoms with Crippen LogP contribution in [0.3, 0.4) is 0 Å². The van der Waals surface area contributed by atoms with Gasteiger partial charge in [0.2, 0.25) is 11.8 Å². The first-order chi connectivity index (χ1) is 12.5. The summed E-state index contributed by atoms with van der Waals surface area (Å²) < 4.78 is 4.92. The van der Waals surface area contributed by atoms with Crippen LogP contribution in [-0.2, 0) is 16.0 Å². The van der Waals surface area contributed by atoms with Crippen molar-refractivity contribution in [3.8, 4) is 0 Å². The number of aryl methyl sites for hydroxylation is 1. The van der Waals surface area contributed by atoms with E-state index in [-0.39, 0.29) is 18.4 Å². The number of amides is 2. The monoisotopic (exact) mass is 376 g/mol. The number of nitrogens with zero attached hydrogens (tertiary/aromatic N) is 3. The SMILES string of the molecule is Cc1cc(NC(=O)CN2CCN(C(=O)Cc3ccccc3Cl)CC2)no1. The third kappa shape index (κ3) is 4.83. The molecule has 3 rings (SSSR count). The number of aromatic nitrogens is 1. The van der Waals surface area contributed by atoms with Gasteiger partial charge in [0.15, 0.2) is 5.82 Å². The number of halogens is 1. The highest BCUT2D eigenvalue weighted by Crippen LogP contribution is 2.17. The van der Waals surface area contributed by atoms with E-state index in [0.29, 0.717) is 49.2 Å². The van der Waals surface area contributed by atoms with Crippen LogP contribution in [0.4, 0.5) is 5.82 Å². The van der Waals surface area contributed by atoms with Crippen LogP contribution in [0.2, 0.25) is 5.02 Å². The van der Waals surface area contributed by atoms with Crippen LogP contribution in [0.1, 0.15) is 11.3 Å². The minimum Gasteiger partial charge on any atom is -0.360 e. The van der Waals surface area contributed by atoms with Crippen molar-refractivity contribution in [3.05, 3.63) is 46.7 Å². The molecular weight excluding hydrogens is 356 g/mol. The first-order valence-electron chi connectivity index (χ1n) is 8.48. The maximum Gasteiger partial charge on any atom is 0.239 e. The molecule has 1 aromatic carbocycles. The van der Waals surface area contributed by atoms with Crippen LogP contribution in [0.25, 0.3) is 0 Å². The van der Waals surface area contributed by atoms with Crippen molar-refractivity contribution in [1.82, 2.24) is 15.0 Å². The van der Waals surface area contributed by atoms with Gasteiger partial charge in [-0.3, -0.25) is 14.5 Å². The number of rotatable bonds is 5. The van der Waals surface area contributed by atoms with Gasteiger partial charge in [0.25, 0.3) is 0 Å². The van der Waals surface area contributed by atoms with Crippen molar-refractivity contribution in [2.24, 2.45) is 0 Å². The topological polar surface area (TPSA) is 78.7 Å². The predicted molar refractivity (Wildman–Crippen MR) is 98.0 cm³/mol. The fourth-order valence-corrected chi connectivity index (χ4v) is 3.09. The number of piperazine rings is 1. The van der Waals surface area contributed by atoms with E-state index in [1.165, 1.54) is 0 Å². The summed E-state index contributed by atoms with van der Waals surface area (Å²) >= 11 is 6.12. The van der Waals surface area contributed by atoms with Crippen LogP contribution in [0, 0.1) is 6.92 Å². The van der Waals surface area contributed by atoms with Crippen LogP contribution >= 0.6 is 11.6 Å². The summed E-state index contributed by atoms with van der Waals surface area (Å²) in [5, 5.41) is 7.05. The maximum absolute atomic E-state index is 12.4. The predicted octanol–water partition coefficient (Wildman–Crippen LogP) is 1.96. The Kier molecular flexibility index (Phi) is 5.90. The summed E-state index contributed by atoms with van der Waals surface area (Å²) in [7, 11) is 0. The maximum atomic E-state index is 12.4. The van der Waals surface area contributed by atoms with E-state index >= 15 is 0 Å². The molecule has 0 atom stereocenters. The molecule has 0 saturated carbocycles. The van der Waals surface area contributed by atoms with E-state index in [1.807, 2.05) is 28.0 Å². The summed E-state index contributed by atoms with van der Waals surface area (Å²) in [5.74, 6) is 0.974. The number of anilines is 1. The first-order valence-corrected chi connectivity index (χ1v) is 8.86. The number of benzene rings is 1. The van der Waals surface area contributed by atoms with E-state index in [2.05, 4.69) is 10.5 Å². The van der Waals surface area contributed by atoms with Gasteiger partial charge in [-0.1, -0.05) is 35.0 Å². The highest BCUT2D eigenvalue weighted by Gasteiger charge is 2.23. The van der Waals surface area contributed by atoms with Crippen LogP contribution in [0.15, 0.2) is 34.9 Å². The number of carbonyl (C=O) groups is 2. The number of carbonyl (C=O) groups excluding carboxylic acids is 2. The fourth-order valence-electron chi connectivity index (χ4n) is 2.88. The van der Waals surface area contributed by atoms with Gasteiger partial charge in [0.1, 0.15) is 5.76 Å². The van der Waals surface area contributed by atoms with E-state index < -0.39 is 0 Å². The molecule has 2 heterocycles. The second-order valence-corrected chi connectivity index (χ2v) is 6.70. The normalized spacial score (nSPS) is 15.1. The molecule has 0 aliphatic carbocycles. The molecule has 1 aliphatic rings. The van der Waals surface area contributed by atoms with Crippen molar-refractivity contribution < 1.29 is 14.1 Å². The lowest BCUT2D eigenvalue weighted by atomic mass is 10.1. The minimum absolute atomic E-state index is 0.0558. The second kappa shape index (κ2) is 8.33. The zero-order valence-electron chi connectivity index (χ0n) is 14.6. The Morgan fingerprint density at radius 1 is 1.23 bits per heavy atom. The van der Waals surface area contributed by atoms with Gasteiger partial charge in [-0.25, -0.2) is 0 Å². The third-order valence-electron chi connectivity index (χ3n) is 4.29. The van der Waals surface area contributed by atoms with E-state index in [0.717, 1.165) is 5.56 Å². The van der Waals surface area contributed by atoms with Gasteiger partial charge in [-0.05, 0) is 18.6 Å². The van der Waals surface area contributed by atoms with Crippen molar-refractivity contribution in [2.45, 2.75) is 13.3 Å². The number of hydrogen-bond donors (Lipinski definition) is 1. The second-order valence-electron chi connectivity index (χ2n) is 6.30. The molecule has 1 saturated heterocycles. The highest BCUT2D eigenvalue weighted by molar-refractivity contribution is 6.31. The zero-order valence-corrected chi connectivity index (χ0v) is 15.3. The average molecular weight is 377 g/mol. The minimum atomic E-state index is -0.144. The molecule has 2 aromatic rings. The van der Waals surface area contributed by atoms with Gasteiger partial charge < -0.3 is 14.7 Å². The molecular formula is C18H21ClN4O3. The molecule has 1 aliphatic heterocycles. The smallest absolute Gasteiger partial charge is 0.239 e. The Balaban J connectivity index is 1.44. The third-order valence-corrected chi connectivity index (χ3v) is 4.66. The first kappa shape index (κ1) is 18.4. The Morgan fingerprint density at radius 2 is 1.96 bits per heavy atom. The van der Waals surface area contributed by atoms with Gasteiger partial charge >= 0.3 is 0 Å². The van der Waals surface area contributed by atoms with Crippen molar-refractivity contribution >= 4 is 29.2 Å². The van der Waals surface area contributed by atoms with Crippen molar-refractivity contribution in [2.75, 3.05) is 38.0 Å². The molecule has 0 bridgehead atoms. The van der Waals surface area contributed by atoms with Crippen LogP contribution < -0.4 is 5.32 Å². The Morgan fingerprint density at radius 3 is 2.62 bits per heavy atom. The molecule has 7 nitrogen and oxygen atoms in total. The number of hydrogen-bond acceptors (Lipinski definition) is 5. The van der Waals surface area contributed by atoms with E-state index in [4.69, 9.17) is 16.1 Å². The standard InChI is InChI=1S/C18H21ClN4O3/c1-13-10-16(21-26-13)20-17(24)12-22-6-8-23(9-7-22)18(25)11-14-4-2-3-5-15(14)19/h2-5,10H,6-9,11-12H2,1H3,(H,20,21,24). The van der Waals surface area contributed by atoms with Gasteiger partial charge in [-0.2, -0.15) is 0 Å². The molecule has 138 valence electrons. The molecule has 0 unspecified atom stereocenters. The molecule has 1 fully saturated rings. The average Bonchev–Trinajstić information content (AvgIpc) is 3.02. The Bertz CT molecular complexity index is 784. The molecule has 0 spiro atoms. The Labute approximate surface area is 156 Å². The number of nitrogens with one attached hydrogen (secondary N) is 1. The summed E-state index contributed by atoms with van der Waals surface area (Å²) in [6.45, 7) is 4.53. The van der Waals surface area contributed by atoms with Crippen molar-refractivity contribution in [1.29, 1.82) is 0 Å². The quantitative estimate of drug-likeness (QED) is 0.863. The largest absolute Gasteiger partial charge is 0.360 e. The molecule has 1 N–H and O–H groups in total. The van der Waals surface area contributed by atoms with Gasteiger partial charge in [-0.15, -0.1) is 0 Å². The lowest BCUT2D eigenvalue weighted by Crippen LogP contribution is -2.50. The molecule has 8 heteroatoms. The van der Waals surface area contributed by atoms with Crippen LogP contribution in [-0.4, -0.2) is 59.5 Å². The van der Waals surface area contributed by atoms with E-state index in [9.17, 15) is 9.59 Å². The summed E-state index contributed by atoms with van der Waals surface area (Å²) in [4.78, 5) is 28.3. The Hall–Kier alpha value is -2.38. The van der Waals surface area contributed by atoms with Gasteiger partial charge in [0.05, 0.1) is 13.0 Å². The fraction of sp³-hybridized carbons (Fsp3) is 0.389. The molecule has 1 aromatic heterocycles. The lowest BCUT2D eigenvalue weighted by Gasteiger charge is -2.34. The summed E-state index contributed by atoms with van der Waals surface area (Å²) in [5.41, 5.74) is 0.837. The summed E-state index contributed by atoms with van der Waals surface area (Å²) in [6, 6.07) is 9.05. The van der Waals surface area contributed by atoms with E-state index in [1.54, 1.807) is 19.1 Å².